The summed E-state index contributed by atoms with van der Waals surface area (Å²) >= 11 is 0. The average Bonchev–Trinajstić information content (AvgIpc) is 1.61. The molecule has 6 heavy (non-hydrogen) atoms. The molecule has 0 radical (unpaired) electrons. The number of allylic oxidation sites excluding steroid dienone is 2. The molecule has 0 aromatic carbocycles. The van der Waals surface area contributed by atoms with Crippen LogP contribution in [0.4, 0.5) is 0 Å². The van der Waals surface area contributed by atoms with Gasteiger partial charge in [-0.25, -0.2) is 0 Å². The number of aliphatic hydroxyl groups is 1. The first kappa shape index (κ1) is 5.08. The third kappa shape index (κ3) is 3.08. The molecule has 0 spiro atoms. The quantitative estimate of drug-likeness (QED) is 0.360. The van der Waals surface area contributed by atoms with E-state index >= 15 is 0 Å². The highest BCUT2D eigenvalue weighted by atomic mass is 16.2. The van der Waals surface area contributed by atoms with Crippen molar-refractivity contribution in [2.75, 3.05) is 0 Å². The summed E-state index contributed by atoms with van der Waals surface area (Å²) in [4.78, 5) is 0. The Morgan fingerprint density at radius 3 is 2.17 bits per heavy atom. The number of nitrogens with two attached hydrogens (primary N) is 1. The first-order chi connectivity index (χ1) is 2.91. The molecule has 0 heterocycles. The lowest BCUT2D eigenvalue weighted by atomic mass is 10.6. The Labute approximate surface area is 36.6 Å². The molecule has 0 aliphatic carbocycles. The minimum Gasteiger partial charge on any atom is -0.516 e. The van der Waals surface area contributed by atoms with Crippen LogP contribution in [-0.2, 0) is 0 Å². The maximum atomic E-state index is 7.91. The van der Waals surface area contributed by atoms with E-state index in [2.05, 4.69) is 0 Å². The SMILES string of the molecule is NC=CC=CO. The lowest BCUT2D eigenvalue weighted by molar-refractivity contribution is 0.473. The zero-order chi connectivity index (χ0) is 4.83. The minimum atomic E-state index is 0.920. The second kappa shape index (κ2) is 4.08. The van der Waals surface area contributed by atoms with Crippen molar-refractivity contribution in [1.82, 2.24) is 0 Å². The van der Waals surface area contributed by atoms with Crippen molar-refractivity contribution < 1.29 is 5.11 Å². The van der Waals surface area contributed by atoms with E-state index in [1.165, 1.54) is 18.4 Å². The Hall–Kier alpha value is -0.920. The summed E-state index contributed by atoms with van der Waals surface area (Å²) in [5.41, 5.74) is 4.87. The molecule has 0 atom stereocenters. The molecule has 0 aromatic rings. The van der Waals surface area contributed by atoms with E-state index in [1.54, 1.807) is 0 Å². The van der Waals surface area contributed by atoms with Gasteiger partial charge in [0.15, 0.2) is 0 Å². The predicted octanol–water partition coefficient (Wildman–Crippen LogP) is 0.531. The molecule has 2 heteroatoms. The normalized spacial score (nSPS) is 11.3. The first-order valence-electron chi connectivity index (χ1n) is 1.59. The van der Waals surface area contributed by atoms with Crippen LogP contribution in [0, 0.1) is 0 Å². The number of aliphatic hydroxyl groups excluding tert-OH is 1. The number of rotatable bonds is 1. The van der Waals surface area contributed by atoms with Crippen LogP contribution in [0.15, 0.2) is 24.6 Å². The maximum Gasteiger partial charge on any atom is 0.0792 e. The van der Waals surface area contributed by atoms with Crippen LogP contribution in [0.1, 0.15) is 0 Å². The topological polar surface area (TPSA) is 46.2 Å². The molecule has 0 saturated heterocycles. The Morgan fingerprint density at radius 2 is 2.00 bits per heavy atom. The van der Waals surface area contributed by atoms with Gasteiger partial charge in [0.25, 0.3) is 0 Å². The zero-order valence-corrected chi connectivity index (χ0v) is 3.33. The van der Waals surface area contributed by atoms with Gasteiger partial charge >= 0.3 is 0 Å². The zero-order valence-electron chi connectivity index (χ0n) is 3.33. The van der Waals surface area contributed by atoms with E-state index in [9.17, 15) is 0 Å². The van der Waals surface area contributed by atoms with Gasteiger partial charge in [-0.05, 0) is 18.4 Å². The van der Waals surface area contributed by atoms with Crippen molar-refractivity contribution in [2.45, 2.75) is 0 Å². The van der Waals surface area contributed by atoms with Crippen molar-refractivity contribution in [3.63, 3.8) is 0 Å². The summed E-state index contributed by atoms with van der Waals surface area (Å²) in [6, 6.07) is 0. The van der Waals surface area contributed by atoms with Crippen molar-refractivity contribution >= 4 is 0 Å². The minimum absolute atomic E-state index is 0.920. The molecule has 3 N–H and O–H groups in total. The van der Waals surface area contributed by atoms with Gasteiger partial charge in [0.05, 0.1) is 6.26 Å². The standard InChI is InChI=1S/C4H7NO/c5-3-1-2-4-6/h1-4,6H,5H2. The molecule has 2 nitrogen and oxygen atoms in total. The molecule has 0 aliphatic rings. The van der Waals surface area contributed by atoms with Gasteiger partial charge in [-0.15, -0.1) is 0 Å². The molecule has 0 aromatic heterocycles. The fourth-order valence-corrected chi connectivity index (χ4v) is 0.114. The van der Waals surface area contributed by atoms with Crippen LogP contribution in [0.5, 0.6) is 0 Å². The predicted molar refractivity (Wildman–Crippen MR) is 25.1 cm³/mol. The van der Waals surface area contributed by atoms with Gasteiger partial charge in [-0.1, -0.05) is 0 Å². The summed E-state index contributed by atoms with van der Waals surface area (Å²) in [7, 11) is 0. The Morgan fingerprint density at radius 1 is 1.33 bits per heavy atom. The van der Waals surface area contributed by atoms with Crippen LogP contribution in [0.2, 0.25) is 0 Å². The van der Waals surface area contributed by atoms with Crippen molar-refractivity contribution in [2.24, 2.45) is 5.73 Å². The summed E-state index contributed by atoms with van der Waals surface area (Å²) in [6.45, 7) is 0. The molecular weight excluding hydrogens is 78.0 g/mol. The van der Waals surface area contributed by atoms with Crippen LogP contribution in [0.3, 0.4) is 0 Å². The Balaban J connectivity index is 3.07. The molecule has 0 unspecified atom stereocenters. The molecule has 34 valence electrons. The summed E-state index contributed by atoms with van der Waals surface area (Å²) in [5.74, 6) is 0. The monoisotopic (exact) mass is 85.1 g/mol. The van der Waals surface area contributed by atoms with Gasteiger partial charge in [0.1, 0.15) is 0 Å². The maximum absolute atomic E-state index is 7.91. The second-order valence-electron chi connectivity index (χ2n) is 0.726. The van der Waals surface area contributed by atoms with E-state index in [4.69, 9.17) is 10.8 Å². The van der Waals surface area contributed by atoms with E-state index in [1.807, 2.05) is 0 Å². The number of hydrogen-bond acceptors (Lipinski definition) is 2. The lowest BCUT2D eigenvalue weighted by Gasteiger charge is -1.64. The van der Waals surface area contributed by atoms with Gasteiger partial charge in [-0.2, -0.15) is 0 Å². The van der Waals surface area contributed by atoms with Gasteiger partial charge in [0, 0.05) is 0 Å². The summed E-state index contributed by atoms with van der Waals surface area (Å²) in [5, 5.41) is 7.91. The first-order valence-corrected chi connectivity index (χ1v) is 1.59. The van der Waals surface area contributed by atoms with Crippen molar-refractivity contribution in [3.8, 4) is 0 Å². The summed E-state index contributed by atoms with van der Waals surface area (Å²) < 4.78 is 0. The molecule has 0 saturated carbocycles. The third-order valence-corrected chi connectivity index (χ3v) is 0.308. The Bertz CT molecular complexity index is 55.9. The highest BCUT2D eigenvalue weighted by Gasteiger charge is 1.50. The van der Waals surface area contributed by atoms with Crippen molar-refractivity contribution in [1.29, 1.82) is 0 Å². The van der Waals surface area contributed by atoms with E-state index in [-0.39, 0.29) is 0 Å². The molecule has 0 bridgehead atoms. The molecular formula is C4H7NO. The van der Waals surface area contributed by atoms with Gasteiger partial charge in [0.2, 0.25) is 0 Å². The average molecular weight is 85.1 g/mol. The lowest BCUT2D eigenvalue weighted by Crippen LogP contribution is -1.71. The largest absolute Gasteiger partial charge is 0.516 e. The Kier molecular flexibility index (Phi) is 3.45. The van der Waals surface area contributed by atoms with Crippen LogP contribution < -0.4 is 5.73 Å². The van der Waals surface area contributed by atoms with E-state index in [0.29, 0.717) is 0 Å². The second-order valence-corrected chi connectivity index (χ2v) is 0.726. The third-order valence-electron chi connectivity index (χ3n) is 0.308. The fraction of sp³-hybridized carbons (Fsp3) is 0. The summed E-state index contributed by atoms with van der Waals surface area (Å²) in [6.07, 6.45) is 5.22. The molecule has 0 amide bonds. The highest BCUT2D eigenvalue weighted by Crippen LogP contribution is 1.64. The fourth-order valence-electron chi connectivity index (χ4n) is 0.114. The van der Waals surface area contributed by atoms with E-state index in [0.717, 1.165) is 6.26 Å². The van der Waals surface area contributed by atoms with Crippen molar-refractivity contribution in [3.05, 3.63) is 24.6 Å². The molecule has 0 fully saturated rings. The molecule has 0 rings (SSSR count). The van der Waals surface area contributed by atoms with Crippen LogP contribution >= 0.6 is 0 Å². The van der Waals surface area contributed by atoms with Crippen LogP contribution in [-0.4, -0.2) is 5.11 Å². The highest BCUT2D eigenvalue weighted by molar-refractivity contribution is 4.96. The van der Waals surface area contributed by atoms with Crippen LogP contribution in [0.25, 0.3) is 0 Å². The van der Waals surface area contributed by atoms with Gasteiger partial charge in [-0.3, -0.25) is 0 Å². The van der Waals surface area contributed by atoms with Gasteiger partial charge < -0.3 is 10.8 Å². The molecule has 0 aliphatic heterocycles. The smallest absolute Gasteiger partial charge is 0.0792 e. The number of hydrogen-bond donors (Lipinski definition) is 2. The van der Waals surface area contributed by atoms with E-state index < -0.39 is 0 Å².